The van der Waals surface area contributed by atoms with Crippen molar-refractivity contribution in [2.45, 2.75) is 13.3 Å². The second-order valence-corrected chi connectivity index (χ2v) is 3.94. The minimum absolute atomic E-state index is 0.282. The third-order valence-electron chi connectivity index (χ3n) is 2.38. The molecule has 21 heavy (non-hydrogen) atoms. The van der Waals surface area contributed by atoms with E-state index in [0.29, 0.717) is 18.1 Å². The Bertz CT molecular complexity index is 521. The highest BCUT2D eigenvalue weighted by Crippen LogP contribution is 2.30. The van der Waals surface area contributed by atoms with E-state index >= 15 is 0 Å². The number of methoxy groups -OCH3 is 2. The Morgan fingerprint density at radius 3 is 2.33 bits per heavy atom. The van der Waals surface area contributed by atoms with Gasteiger partial charge in [0.1, 0.15) is 5.75 Å². The number of hydrogen-bond acceptors (Lipinski definition) is 6. The van der Waals surface area contributed by atoms with Crippen LogP contribution in [0.2, 0.25) is 0 Å². The fourth-order valence-electron chi connectivity index (χ4n) is 1.42. The Morgan fingerprint density at radius 2 is 1.71 bits per heavy atom. The summed E-state index contributed by atoms with van der Waals surface area (Å²) in [4.78, 5) is 22.7. The molecule has 0 aliphatic heterocycles. The second-order valence-electron chi connectivity index (χ2n) is 3.94. The molecule has 0 bridgehead atoms. The van der Waals surface area contributed by atoms with Gasteiger partial charge in [-0.3, -0.25) is 0 Å². The molecule has 0 atom stereocenters. The molecule has 1 aromatic carbocycles. The smallest absolute Gasteiger partial charge is 0.336 e. The van der Waals surface area contributed by atoms with Crippen molar-refractivity contribution < 1.29 is 28.5 Å². The van der Waals surface area contributed by atoms with E-state index < -0.39 is 11.9 Å². The predicted octanol–water partition coefficient (Wildman–Crippen LogP) is 2.12. The molecule has 0 fully saturated rings. The summed E-state index contributed by atoms with van der Waals surface area (Å²) >= 11 is 0. The van der Waals surface area contributed by atoms with Crippen LogP contribution < -0.4 is 14.2 Å². The number of hydrogen-bond donors (Lipinski definition) is 0. The molecule has 0 amide bonds. The third-order valence-corrected chi connectivity index (χ3v) is 2.38. The molecule has 1 rings (SSSR count). The first-order valence-corrected chi connectivity index (χ1v) is 6.39. The average Bonchev–Trinajstić information content (AvgIpc) is 2.50. The molecule has 0 unspecified atom stereocenters. The van der Waals surface area contributed by atoms with E-state index in [-0.39, 0.29) is 5.75 Å². The van der Waals surface area contributed by atoms with Crippen molar-refractivity contribution in [3.63, 3.8) is 0 Å². The summed E-state index contributed by atoms with van der Waals surface area (Å²) in [6, 6.07) is 4.68. The zero-order chi connectivity index (χ0) is 15.7. The normalized spacial score (nSPS) is 10.2. The molecular formula is C15H18O6. The number of ether oxygens (including phenoxy) is 4. The van der Waals surface area contributed by atoms with Crippen molar-refractivity contribution in [2.75, 3.05) is 20.8 Å². The minimum Gasteiger partial charge on any atom is -0.493 e. The maximum atomic E-state index is 11.6. The molecule has 0 heterocycles. The highest BCUT2D eigenvalue weighted by Gasteiger charge is 2.08. The summed E-state index contributed by atoms with van der Waals surface area (Å²) in [5.74, 6) is -0.0221. The average molecular weight is 294 g/mol. The topological polar surface area (TPSA) is 71.1 Å². The molecule has 0 saturated carbocycles. The van der Waals surface area contributed by atoms with Gasteiger partial charge in [0.25, 0.3) is 0 Å². The molecule has 1 aromatic rings. The van der Waals surface area contributed by atoms with Gasteiger partial charge < -0.3 is 18.9 Å². The SMILES string of the molecule is CCCOC(=O)/C=C/C(=O)Oc1ccc(OC)c(OC)c1. The Kier molecular flexibility index (Phi) is 6.80. The van der Waals surface area contributed by atoms with Gasteiger partial charge in [0.05, 0.1) is 20.8 Å². The number of carbonyl (C=O) groups is 2. The van der Waals surface area contributed by atoms with Crippen LogP contribution >= 0.6 is 0 Å². The number of benzene rings is 1. The maximum absolute atomic E-state index is 11.6. The highest BCUT2D eigenvalue weighted by atomic mass is 16.5. The van der Waals surface area contributed by atoms with Crippen molar-refractivity contribution >= 4 is 11.9 Å². The first-order chi connectivity index (χ1) is 10.1. The van der Waals surface area contributed by atoms with E-state index in [2.05, 4.69) is 0 Å². The molecule has 0 aliphatic carbocycles. The van der Waals surface area contributed by atoms with Crippen LogP contribution in [0.5, 0.6) is 17.2 Å². The van der Waals surface area contributed by atoms with E-state index in [9.17, 15) is 9.59 Å². The highest BCUT2D eigenvalue weighted by molar-refractivity contribution is 5.92. The summed E-state index contributed by atoms with van der Waals surface area (Å²) in [7, 11) is 2.99. The third kappa shape index (κ3) is 5.56. The molecule has 0 radical (unpaired) electrons. The van der Waals surface area contributed by atoms with Gasteiger partial charge in [-0.05, 0) is 18.6 Å². The van der Waals surface area contributed by atoms with Crippen LogP contribution in [0, 0.1) is 0 Å². The van der Waals surface area contributed by atoms with E-state index in [1.165, 1.54) is 20.3 Å². The molecule has 6 nitrogen and oxygen atoms in total. The first kappa shape index (κ1) is 16.6. The van der Waals surface area contributed by atoms with Crippen LogP contribution in [-0.2, 0) is 14.3 Å². The summed E-state index contributed by atoms with van der Waals surface area (Å²) in [6.45, 7) is 2.19. The lowest BCUT2D eigenvalue weighted by atomic mass is 10.3. The van der Waals surface area contributed by atoms with Crippen molar-refractivity contribution in [1.29, 1.82) is 0 Å². The van der Waals surface area contributed by atoms with E-state index in [1.807, 2.05) is 6.92 Å². The van der Waals surface area contributed by atoms with Crippen LogP contribution in [0.15, 0.2) is 30.4 Å². The standard InChI is InChI=1S/C15H18O6/c1-4-9-20-14(16)7-8-15(17)21-11-5-6-12(18-2)13(10-11)19-3/h5-8,10H,4,9H2,1-3H3/b8-7+. The van der Waals surface area contributed by atoms with Crippen molar-refractivity contribution in [3.05, 3.63) is 30.4 Å². The van der Waals surface area contributed by atoms with Gasteiger partial charge in [0.15, 0.2) is 11.5 Å². The lowest BCUT2D eigenvalue weighted by Crippen LogP contribution is -2.07. The van der Waals surface area contributed by atoms with Crippen LogP contribution in [0.3, 0.4) is 0 Å². The van der Waals surface area contributed by atoms with Gasteiger partial charge in [-0.2, -0.15) is 0 Å². The van der Waals surface area contributed by atoms with Gasteiger partial charge in [0, 0.05) is 18.2 Å². The lowest BCUT2D eigenvalue weighted by molar-refractivity contribution is -0.138. The molecule has 0 aliphatic rings. The molecule has 0 aromatic heterocycles. The monoisotopic (exact) mass is 294 g/mol. The molecule has 0 N–H and O–H groups in total. The van der Waals surface area contributed by atoms with Gasteiger partial charge in [-0.15, -0.1) is 0 Å². The van der Waals surface area contributed by atoms with Crippen LogP contribution in [0.1, 0.15) is 13.3 Å². The predicted molar refractivity (Wildman–Crippen MR) is 75.6 cm³/mol. The van der Waals surface area contributed by atoms with E-state index in [0.717, 1.165) is 18.6 Å². The van der Waals surface area contributed by atoms with Gasteiger partial charge in [-0.25, -0.2) is 9.59 Å². The number of rotatable bonds is 7. The van der Waals surface area contributed by atoms with Crippen LogP contribution in [0.25, 0.3) is 0 Å². The molecular weight excluding hydrogens is 276 g/mol. The van der Waals surface area contributed by atoms with E-state index in [1.54, 1.807) is 12.1 Å². The number of carbonyl (C=O) groups excluding carboxylic acids is 2. The molecule has 6 heteroatoms. The van der Waals surface area contributed by atoms with E-state index in [4.69, 9.17) is 18.9 Å². The zero-order valence-corrected chi connectivity index (χ0v) is 12.3. The van der Waals surface area contributed by atoms with Crippen molar-refractivity contribution in [1.82, 2.24) is 0 Å². The summed E-state index contributed by atoms with van der Waals surface area (Å²) in [5.41, 5.74) is 0. The van der Waals surface area contributed by atoms with Crippen LogP contribution in [0.4, 0.5) is 0 Å². The largest absolute Gasteiger partial charge is 0.493 e. The summed E-state index contributed by atoms with van der Waals surface area (Å²) in [5, 5.41) is 0. The Morgan fingerprint density at radius 1 is 1.05 bits per heavy atom. The minimum atomic E-state index is -0.685. The van der Waals surface area contributed by atoms with Crippen molar-refractivity contribution in [2.24, 2.45) is 0 Å². The molecule has 0 saturated heterocycles. The maximum Gasteiger partial charge on any atom is 0.336 e. The first-order valence-electron chi connectivity index (χ1n) is 6.39. The van der Waals surface area contributed by atoms with Crippen LogP contribution in [-0.4, -0.2) is 32.8 Å². The Balaban J connectivity index is 2.62. The summed E-state index contributed by atoms with van der Waals surface area (Å²) < 4.78 is 20.0. The lowest BCUT2D eigenvalue weighted by Gasteiger charge is -2.08. The fraction of sp³-hybridized carbons (Fsp3) is 0.333. The summed E-state index contributed by atoms with van der Waals surface area (Å²) in [6.07, 6.45) is 2.75. The number of esters is 2. The second kappa shape index (κ2) is 8.63. The van der Waals surface area contributed by atoms with Gasteiger partial charge in [-0.1, -0.05) is 6.92 Å². The molecule has 0 spiro atoms. The zero-order valence-electron chi connectivity index (χ0n) is 12.3. The Hall–Kier alpha value is -2.50. The Labute approximate surface area is 123 Å². The molecule has 114 valence electrons. The van der Waals surface area contributed by atoms with Crippen molar-refractivity contribution in [3.8, 4) is 17.2 Å². The van der Waals surface area contributed by atoms with Gasteiger partial charge in [0.2, 0.25) is 0 Å². The van der Waals surface area contributed by atoms with Gasteiger partial charge >= 0.3 is 11.9 Å². The fourth-order valence-corrected chi connectivity index (χ4v) is 1.42. The quantitative estimate of drug-likeness (QED) is 0.436.